The molecule has 0 saturated carbocycles. The number of halogens is 1. The van der Waals surface area contributed by atoms with Gasteiger partial charge in [-0.15, -0.1) is 11.3 Å². The summed E-state index contributed by atoms with van der Waals surface area (Å²) in [6, 6.07) is 7.88. The summed E-state index contributed by atoms with van der Waals surface area (Å²) in [6.45, 7) is 7.12. The van der Waals surface area contributed by atoms with Crippen LogP contribution in [0.5, 0.6) is 0 Å². The maximum absolute atomic E-state index is 13.1. The second-order valence-electron chi connectivity index (χ2n) is 5.96. The minimum Gasteiger partial charge on any atom is -0.342 e. The number of hydrogen-bond donors (Lipinski definition) is 0. The fourth-order valence-electron chi connectivity index (χ4n) is 3.04. The number of fused-ring (bicyclic) bond motifs is 1. The van der Waals surface area contributed by atoms with Gasteiger partial charge in [0.05, 0.1) is 11.7 Å². The van der Waals surface area contributed by atoms with Crippen LogP contribution in [-0.4, -0.2) is 33.4 Å². The Morgan fingerprint density at radius 1 is 1.23 bits per heavy atom. The number of hydrogen-bond acceptors (Lipinski definition) is 4. The minimum atomic E-state index is -0.169. The molecule has 1 aromatic carbocycles. The number of carbonyl (C=O) groups is 1. The van der Waals surface area contributed by atoms with Crippen molar-refractivity contribution in [1.82, 2.24) is 14.5 Å². The molecule has 0 fully saturated rings. The van der Waals surface area contributed by atoms with E-state index in [1.807, 2.05) is 45.0 Å². The molecule has 7 heteroatoms. The van der Waals surface area contributed by atoms with E-state index in [1.54, 1.807) is 4.90 Å². The average molecular weight is 434 g/mol. The minimum absolute atomic E-state index is 0.0120. The van der Waals surface area contributed by atoms with E-state index in [1.165, 1.54) is 22.2 Å². The van der Waals surface area contributed by atoms with E-state index in [0.29, 0.717) is 23.3 Å². The molecule has 0 radical (unpaired) electrons. The molecule has 0 aliphatic heterocycles. The van der Waals surface area contributed by atoms with Gasteiger partial charge in [0.1, 0.15) is 11.4 Å². The third-order valence-electron chi connectivity index (χ3n) is 4.41. The summed E-state index contributed by atoms with van der Waals surface area (Å²) in [5, 5.41) is 0.588. The maximum atomic E-state index is 13.1. The highest BCUT2D eigenvalue weighted by Crippen LogP contribution is 2.35. The number of likely N-dealkylation sites (N-methyl/N-ethyl adjacent to an activating group) is 1. The lowest BCUT2D eigenvalue weighted by molar-refractivity contribution is -0.131. The third kappa shape index (κ3) is 3.46. The number of rotatable bonds is 5. The van der Waals surface area contributed by atoms with Gasteiger partial charge in [0.2, 0.25) is 5.91 Å². The molecule has 26 heavy (non-hydrogen) atoms. The van der Waals surface area contributed by atoms with Crippen LogP contribution in [0.25, 0.3) is 21.3 Å². The van der Waals surface area contributed by atoms with Crippen molar-refractivity contribution in [2.24, 2.45) is 0 Å². The number of carbonyl (C=O) groups excluding carboxylic acids is 1. The van der Waals surface area contributed by atoms with Crippen molar-refractivity contribution >= 4 is 43.4 Å². The Hall–Kier alpha value is -1.99. The summed E-state index contributed by atoms with van der Waals surface area (Å²) in [6.07, 6.45) is 1.48. The molecular formula is C19H20BrN3O2S. The zero-order valence-electron chi connectivity index (χ0n) is 15.0. The number of aromatic nitrogens is 2. The van der Waals surface area contributed by atoms with E-state index in [9.17, 15) is 9.59 Å². The highest BCUT2D eigenvalue weighted by Gasteiger charge is 2.18. The van der Waals surface area contributed by atoms with Crippen molar-refractivity contribution in [3.05, 3.63) is 50.3 Å². The highest BCUT2D eigenvalue weighted by molar-refractivity contribution is 9.10. The molecular weight excluding hydrogens is 414 g/mol. The van der Waals surface area contributed by atoms with Gasteiger partial charge < -0.3 is 4.90 Å². The van der Waals surface area contributed by atoms with Crippen molar-refractivity contribution in [2.45, 2.75) is 27.3 Å². The Balaban J connectivity index is 2.11. The predicted octanol–water partition coefficient (Wildman–Crippen LogP) is 4.06. The summed E-state index contributed by atoms with van der Waals surface area (Å²) in [5.41, 5.74) is 1.71. The van der Waals surface area contributed by atoms with Gasteiger partial charge in [-0.1, -0.05) is 28.1 Å². The summed E-state index contributed by atoms with van der Waals surface area (Å²) < 4.78 is 2.40. The predicted molar refractivity (Wildman–Crippen MR) is 110 cm³/mol. The standard InChI is InChI=1S/C19H20BrN3O2S/c1-4-22(5-2)15(24)10-23-11-21-18-17(19(23)25)16(12(3)26-18)13-6-8-14(20)9-7-13/h6-9,11H,4-5,10H2,1-3H3. The SMILES string of the molecule is CCN(CC)C(=O)Cn1cnc2sc(C)c(-c3ccc(Br)cc3)c2c1=O. The Morgan fingerprint density at radius 2 is 1.88 bits per heavy atom. The van der Waals surface area contributed by atoms with Crippen LogP contribution >= 0.6 is 27.3 Å². The zero-order chi connectivity index (χ0) is 18.8. The topological polar surface area (TPSA) is 55.2 Å². The molecule has 0 N–H and O–H groups in total. The molecule has 0 bridgehead atoms. The van der Waals surface area contributed by atoms with Gasteiger partial charge in [0, 0.05) is 28.0 Å². The molecule has 0 aliphatic rings. The van der Waals surface area contributed by atoms with E-state index in [4.69, 9.17) is 0 Å². The number of nitrogens with zero attached hydrogens (tertiary/aromatic N) is 3. The maximum Gasteiger partial charge on any atom is 0.263 e. The average Bonchev–Trinajstić information content (AvgIpc) is 2.96. The van der Waals surface area contributed by atoms with Crippen molar-refractivity contribution < 1.29 is 4.79 Å². The molecule has 0 unspecified atom stereocenters. The van der Waals surface area contributed by atoms with E-state index >= 15 is 0 Å². The van der Waals surface area contributed by atoms with Crippen LogP contribution in [0.4, 0.5) is 0 Å². The lowest BCUT2D eigenvalue weighted by atomic mass is 10.0. The molecule has 0 saturated heterocycles. The van der Waals surface area contributed by atoms with Gasteiger partial charge in [-0.25, -0.2) is 4.98 Å². The first kappa shape index (κ1) is 18.8. The van der Waals surface area contributed by atoms with Gasteiger partial charge in [-0.3, -0.25) is 14.2 Å². The Labute approximate surface area is 164 Å². The molecule has 0 aliphatic carbocycles. The molecule has 136 valence electrons. The van der Waals surface area contributed by atoms with Crippen LogP contribution in [0.2, 0.25) is 0 Å². The fraction of sp³-hybridized carbons (Fsp3) is 0.316. The van der Waals surface area contributed by atoms with Crippen molar-refractivity contribution in [1.29, 1.82) is 0 Å². The zero-order valence-corrected chi connectivity index (χ0v) is 17.4. The smallest absolute Gasteiger partial charge is 0.263 e. The molecule has 5 nitrogen and oxygen atoms in total. The Bertz CT molecular complexity index is 1000. The molecule has 3 aromatic rings. The van der Waals surface area contributed by atoms with Gasteiger partial charge >= 0.3 is 0 Å². The molecule has 2 aromatic heterocycles. The monoisotopic (exact) mass is 433 g/mol. The van der Waals surface area contributed by atoms with Crippen LogP contribution in [-0.2, 0) is 11.3 Å². The Kier molecular flexibility index (Phi) is 5.58. The molecule has 0 spiro atoms. The highest BCUT2D eigenvalue weighted by atomic mass is 79.9. The molecule has 2 heterocycles. The van der Waals surface area contributed by atoms with Crippen LogP contribution in [0.1, 0.15) is 18.7 Å². The summed E-state index contributed by atoms with van der Waals surface area (Å²) in [5.74, 6) is -0.0737. The lowest BCUT2D eigenvalue weighted by Crippen LogP contribution is -2.36. The van der Waals surface area contributed by atoms with Gasteiger partial charge in [-0.2, -0.15) is 0 Å². The first-order valence-electron chi connectivity index (χ1n) is 8.48. The van der Waals surface area contributed by atoms with Gasteiger partial charge in [-0.05, 0) is 38.5 Å². The van der Waals surface area contributed by atoms with Crippen molar-refractivity contribution in [3.8, 4) is 11.1 Å². The second-order valence-corrected chi connectivity index (χ2v) is 8.08. The molecule has 0 atom stereocenters. The number of amides is 1. The van der Waals surface area contributed by atoms with Crippen LogP contribution in [0.15, 0.2) is 39.9 Å². The van der Waals surface area contributed by atoms with Gasteiger partial charge in [0.15, 0.2) is 0 Å². The third-order valence-corrected chi connectivity index (χ3v) is 5.95. The summed E-state index contributed by atoms with van der Waals surface area (Å²) >= 11 is 4.94. The number of aryl methyl sites for hydroxylation is 1. The quantitative estimate of drug-likeness (QED) is 0.609. The molecule has 1 amide bonds. The van der Waals surface area contributed by atoms with E-state index in [-0.39, 0.29) is 18.0 Å². The van der Waals surface area contributed by atoms with E-state index < -0.39 is 0 Å². The lowest BCUT2D eigenvalue weighted by Gasteiger charge is -2.18. The summed E-state index contributed by atoms with van der Waals surface area (Å²) in [4.78, 5) is 33.4. The first-order chi connectivity index (χ1) is 12.5. The van der Waals surface area contributed by atoms with Crippen molar-refractivity contribution in [2.75, 3.05) is 13.1 Å². The summed E-state index contributed by atoms with van der Waals surface area (Å²) in [7, 11) is 0. The molecule has 3 rings (SSSR count). The normalized spacial score (nSPS) is 11.1. The number of benzene rings is 1. The Morgan fingerprint density at radius 3 is 2.50 bits per heavy atom. The first-order valence-corrected chi connectivity index (χ1v) is 10.1. The van der Waals surface area contributed by atoms with Crippen LogP contribution < -0.4 is 5.56 Å². The number of thiophene rings is 1. The van der Waals surface area contributed by atoms with E-state index in [2.05, 4.69) is 20.9 Å². The largest absolute Gasteiger partial charge is 0.342 e. The van der Waals surface area contributed by atoms with E-state index in [0.717, 1.165) is 20.5 Å². The fourth-order valence-corrected chi connectivity index (χ4v) is 4.30. The van der Waals surface area contributed by atoms with Gasteiger partial charge in [0.25, 0.3) is 5.56 Å². The van der Waals surface area contributed by atoms with Crippen LogP contribution in [0.3, 0.4) is 0 Å². The second kappa shape index (κ2) is 7.72. The van der Waals surface area contributed by atoms with Crippen molar-refractivity contribution in [3.63, 3.8) is 0 Å². The van der Waals surface area contributed by atoms with Crippen LogP contribution in [0, 0.1) is 6.92 Å².